The summed E-state index contributed by atoms with van der Waals surface area (Å²) in [5, 5.41) is 0. The molecular weight excluding hydrogens is 304 g/mol. The Balaban J connectivity index is 0.000000360. The Labute approximate surface area is 60.8 Å². The first kappa shape index (κ1) is 7.52. The van der Waals surface area contributed by atoms with Crippen molar-refractivity contribution in [2.24, 2.45) is 0 Å². The summed E-state index contributed by atoms with van der Waals surface area (Å²) in [6.07, 6.45) is 6.35. The van der Waals surface area contributed by atoms with E-state index in [-0.39, 0.29) is 35.2 Å². The fourth-order valence-corrected chi connectivity index (χ4v) is 2.24. The van der Waals surface area contributed by atoms with Gasteiger partial charge in [0.1, 0.15) is 0 Å². The smallest absolute Gasteiger partial charge is 0.147 e. The van der Waals surface area contributed by atoms with Gasteiger partial charge in [0.05, 0.1) is 0 Å². The molecule has 0 N–H and O–H groups in total. The van der Waals surface area contributed by atoms with E-state index in [2.05, 4.69) is 25.7 Å². The van der Waals surface area contributed by atoms with Crippen LogP contribution in [0.5, 0.6) is 0 Å². The molecule has 0 nitrogen and oxygen atoms in total. The minimum Gasteiger partial charge on any atom is -0.147 e. The van der Waals surface area contributed by atoms with Crippen molar-refractivity contribution in [1.82, 2.24) is 0 Å². The maximum Gasteiger partial charge on any atom is -0.147 e. The van der Waals surface area contributed by atoms with Crippen LogP contribution in [0.15, 0.2) is 22.0 Å². The van der Waals surface area contributed by atoms with E-state index in [1.54, 1.807) is 0 Å². The molecule has 0 bridgehead atoms. The Bertz CT molecular complexity index is 77.5. The van der Waals surface area contributed by atoms with Gasteiger partial charge < -0.3 is 0 Å². The van der Waals surface area contributed by atoms with Crippen LogP contribution in [0, 0.1) is 0 Å². The first-order valence-corrected chi connectivity index (χ1v) is 5.86. The van der Waals surface area contributed by atoms with E-state index in [1.165, 1.54) is 0 Å². The van der Waals surface area contributed by atoms with E-state index in [0.29, 0.717) is 0 Å². The van der Waals surface area contributed by atoms with Gasteiger partial charge in [0.2, 0.25) is 0 Å². The SMILES string of the molecule is C1=C[CH]=[Bi][CH]=C1.Cl. The van der Waals surface area contributed by atoms with Gasteiger partial charge in [-0.2, -0.15) is 0 Å². The Morgan fingerprint density at radius 2 is 1.86 bits per heavy atom. The number of hydrogen-bond acceptors (Lipinski definition) is 0. The van der Waals surface area contributed by atoms with Crippen molar-refractivity contribution in [3.05, 3.63) is 22.0 Å². The second-order valence-corrected chi connectivity index (χ2v) is 4.50. The molecule has 7 heavy (non-hydrogen) atoms. The first-order valence-electron chi connectivity index (χ1n) is 1.85. The molecule has 0 atom stereocenters. The van der Waals surface area contributed by atoms with Crippen molar-refractivity contribution >= 4 is 38.9 Å². The largest absolute Gasteiger partial charge is 0.147 e. The molecule has 1 heterocycles. The zero-order valence-corrected chi connectivity index (χ0v) is 8.04. The predicted molar refractivity (Wildman–Crippen MR) is 37.3 cm³/mol. The maximum atomic E-state index is 2.31. The zero-order valence-electron chi connectivity index (χ0n) is 3.74. The number of allylic oxidation sites excluding steroid dienone is 3. The van der Waals surface area contributed by atoms with Gasteiger partial charge in [-0.3, -0.25) is 0 Å². The Kier molecular flexibility index (Phi) is 5.03. The van der Waals surface area contributed by atoms with Gasteiger partial charge in [0, 0.05) is 0 Å². The third kappa shape index (κ3) is 3.14. The fourth-order valence-electron chi connectivity index (χ4n) is 0.313. The van der Waals surface area contributed by atoms with Gasteiger partial charge in [-0.25, -0.2) is 0 Å². The van der Waals surface area contributed by atoms with Crippen LogP contribution in [0.1, 0.15) is 0 Å². The topological polar surface area (TPSA) is 0 Å². The van der Waals surface area contributed by atoms with E-state index >= 15 is 0 Å². The summed E-state index contributed by atoms with van der Waals surface area (Å²) < 4.78 is 4.61. The second kappa shape index (κ2) is 4.68. The fraction of sp³-hybridized carbons (Fsp3) is 0. The second-order valence-electron chi connectivity index (χ2n) is 1.02. The van der Waals surface area contributed by atoms with Crippen LogP contribution in [0.3, 0.4) is 0 Å². The molecule has 0 aromatic heterocycles. The van der Waals surface area contributed by atoms with E-state index in [0.717, 1.165) is 0 Å². The molecule has 0 aromatic carbocycles. The average molecular weight is 311 g/mol. The van der Waals surface area contributed by atoms with Crippen molar-refractivity contribution in [3.63, 3.8) is 0 Å². The Hall–Kier alpha value is 0.523. The molecule has 0 saturated heterocycles. The van der Waals surface area contributed by atoms with E-state index < -0.39 is 0 Å². The Morgan fingerprint density at radius 3 is 2.00 bits per heavy atom. The molecule has 1 rings (SSSR count). The van der Waals surface area contributed by atoms with E-state index in [4.69, 9.17) is 0 Å². The number of rotatable bonds is 0. The number of hydrogen-bond donors (Lipinski definition) is 0. The summed E-state index contributed by atoms with van der Waals surface area (Å²) in [4.78, 5) is 0. The maximum absolute atomic E-state index is 2.31. The summed E-state index contributed by atoms with van der Waals surface area (Å²) in [5.41, 5.74) is 0. The summed E-state index contributed by atoms with van der Waals surface area (Å²) in [5.74, 6) is 0. The van der Waals surface area contributed by atoms with Gasteiger partial charge in [0.15, 0.2) is 0 Å². The normalized spacial score (nSPS) is 13.7. The molecule has 0 amide bonds. The molecule has 0 aromatic rings. The summed E-state index contributed by atoms with van der Waals surface area (Å²) in [6, 6.07) is 0. The molecule has 0 radical (unpaired) electrons. The summed E-state index contributed by atoms with van der Waals surface area (Å²) in [6.45, 7) is 0. The van der Waals surface area contributed by atoms with Crippen molar-refractivity contribution in [2.75, 3.05) is 0 Å². The van der Waals surface area contributed by atoms with Crippen molar-refractivity contribution in [2.45, 2.75) is 0 Å². The van der Waals surface area contributed by atoms with Crippen LogP contribution < -0.4 is 0 Å². The molecule has 38 valence electrons. The van der Waals surface area contributed by atoms with Crippen LogP contribution in [-0.2, 0) is 0 Å². The number of halogens is 1. The third-order valence-corrected chi connectivity index (χ3v) is 3.24. The van der Waals surface area contributed by atoms with Gasteiger partial charge in [-0.15, -0.1) is 12.4 Å². The van der Waals surface area contributed by atoms with Crippen LogP contribution in [0.25, 0.3) is 0 Å². The molecule has 0 fully saturated rings. The minimum absolute atomic E-state index is 0. The monoisotopic (exact) mass is 310 g/mol. The molecule has 0 aliphatic carbocycles. The van der Waals surface area contributed by atoms with Crippen molar-refractivity contribution in [1.29, 1.82) is 0 Å². The van der Waals surface area contributed by atoms with Crippen molar-refractivity contribution < 1.29 is 0 Å². The molecule has 0 spiro atoms. The molecular formula is C5H6BiCl. The van der Waals surface area contributed by atoms with Gasteiger partial charge >= 0.3 is 48.5 Å². The third-order valence-electron chi connectivity index (χ3n) is 0.566. The van der Waals surface area contributed by atoms with Gasteiger partial charge in [0.25, 0.3) is 0 Å². The van der Waals surface area contributed by atoms with Gasteiger partial charge in [-0.05, 0) is 0 Å². The van der Waals surface area contributed by atoms with E-state index in [9.17, 15) is 0 Å². The summed E-state index contributed by atoms with van der Waals surface area (Å²) in [7, 11) is 0. The standard InChI is InChI=1S/C5H5.Bi.ClH/c1-3-5-4-2;;/h1-5H;;1H. The predicted octanol–water partition coefficient (Wildman–Crippen LogP) is 0.998. The van der Waals surface area contributed by atoms with Crippen LogP contribution in [0.4, 0.5) is 0 Å². The first-order chi connectivity index (χ1) is 3.00. The van der Waals surface area contributed by atoms with Crippen molar-refractivity contribution in [3.8, 4) is 0 Å². The Morgan fingerprint density at radius 1 is 1.00 bits per heavy atom. The van der Waals surface area contributed by atoms with Crippen LogP contribution in [0.2, 0.25) is 0 Å². The minimum atomic E-state index is -0.181. The van der Waals surface area contributed by atoms with Crippen LogP contribution in [-0.4, -0.2) is 26.5 Å². The van der Waals surface area contributed by atoms with E-state index in [1.807, 2.05) is 0 Å². The zero-order chi connectivity index (χ0) is 4.24. The molecule has 1 aliphatic heterocycles. The quantitative estimate of drug-likeness (QED) is 0.586. The molecule has 0 saturated carbocycles. The van der Waals surface area contributed by atoms with Crippen LogP contribution >= 0.6 is 12.4 Å². The van der Waals surface area contributed by atoms with Gasteiger partial charge in [-0.1, -0.05) is 0 Å². The average Bonchev–Trinajstić information content (AvgIpc) is 1.72. The summed E-state index contributed by atoms with van der Waals surface area (Å²) >= 11 is -0.181. The molecule has 2 heteroatoms. The molecule has 1 aliphatic rings. The molecule has 0 unspecified atom stereocenters.